The van der Waals surface area contributed by atoms with Gasteiger partial charge in [0.1, 0.15) is 11.4 Å². The minimum atomic E-state index is -0.322. The lowest BCUT2D eigenvalue weighted by Gasteiger charge is -2.12. The minimum absolute atomic E-state index is 0.170. The standard InChI is InChI=1S/C18H18N4O3/c1-12-9-13(25-2)10-17(23)22(12)8-7-19-18(24)16-11-20-14-5-3-4-6-15(14)21-16/h3-6,9-11H,7-8H2,1-2H3,(H,19,24). The number of hydrogen-bond acceptors (Lipinski definition) is 5. The van der Waals surface area contributed by atoms with Crippen molar-refractivity contribution in [3.8, 4) is 5.75 Å². The van der Waals surface area contributed by atoms with Crippen molar-refractivity contribution in [1.82, 2.24) is 19.9 Å². The van der Waals surface area contributed by atoms with Crippen molar-refractivity contribution in [2.45, 2.75) is 13.5 Å². The molecular formula is C18H18N4O3. The summed E-state index contributed by atoms with van der Waals surface area (Å²) in [5, 5.41) is 2.76. The van der Waals surface area contributed by atoms with Crippen molar-refractivity contribution in [2.24, 2.45) is 0 Å². The first-order valence-corrected chi connectivity index (χ1v) is 7.84. The second-order valence-corrected chi connectivity index (χ2v) is 5.53. The van der Waals surface area contributed by atoms with Crippen molar-refractivity contribution in [3.05, 3.63) is 64.3 Å². The number of amides is 1. The number of carbonyl (C=O) groups is 1. The van der Waals surface area contributed by atoms with Gasteiger partial charge in [-0.3, -0.25) is 14.6 Å². The number of nitrogens with one attached hydrogen (secondary N) is 1. The van der Waals surface area contributed by atoms with Gasteiger partial charge in [-0.2, -0.15) is 0 Å². The average molecular weight is 338 g/mol. The highest BCUT2D eigenvalue weighted by Gasteiger charge is 2.09. The molecular weight excluding hydrogens is 320 g/mol. The molecule has 1 amide bonds. The third-order valence-electron chi connectivity index (χ3n) is 3.85. The molecule has 0 aliphatic rings. The average Bonchev–Trinajstić information content (AvgIpc) is 2.63. The number of nitrogens with zero attached hydrogens (tertiary/aromatic N) is 3. The summed E-state index contributed by atoms with van der Waals surface area (Å²) in [6.07, 6.45) is 1.45. The van der Waals surface area contributed by atoms with Gasteiger partial charge in [0, 0.05) is 24.8 Å². The number of carbonyl (C=O) groups excluding carboxylic acids is 1. The van der Waals surface area contributed by atoms with Crippen LogP contribution in [0, 0.1) is 6.92 Å². The Morgan fingerprint density at radius 1 is 1.24 bits per heavy atom. The fourth-order valence-corrected chi connectivity index (χ4v) is 2.54. The van der Waals surface area contributed by atoms with Crippen LogP contribution in [0.3, 0.4) is 0 Å². The van der Waals surface area contributed by atoms with Crippen LogP contribution < -0.4 is 15.6 Å². The normalized spacial score (nSPS) is 10.6. The van der Waals surface area contributed by atoms with Gasteiger partial charge in [0.15, 0.2) is 0 Å². The minimum Gasteiger partial charge on any atom is -0.496 e. The molecule has 0 aliphatic heterocycles. The number of methoxy groups -OCH3 is 1. The van der Waals surface area contributed by atoms with Crippen LogP contribution in [0.2, 0.25) is 0 Å². The molecule has 0 aliphatic carbocycles. The lowest BCUT2D eigenvalue weighted by molar-refractivity contribution is 0.0947. The molecule has 25 heavy (non-hydrogen) atoms. The molecule has 3 aromatic rings. The van der Waals surface area contributed by atoms with Crippen molar-refractivity contribution >= 4 is 16.9 Å². The molecule has 1 aromatic carbocycles. The number of para-hydroxylation sites is 2. The quantitative estimate of drug-likeness (QED) is 0.762. The Kier molecular flexibility index (Phi) is 4.74. The topological polar surface area (TPSA) is 86.1 Å². The third kappa shape index (κ3) is 3.65. The van der Waals surface area contributed by atoms with E-state index in [2.05, 4.69) is 15.3 Å². The summed E-state index contributed by atoms with van der Waals surface area (Å²) in [7, 11) is 1.52. The summed E-state index contributed by atoms with van der Waals surface area (Å²) in [6.45, 7) is 2.49. The Balaban J connectivity index is 1.67. The van der Waals surface area contributed by atoms with Crippen LogP contribution in [-0.2, 0) is 6.54 Å². The summed E-state index contributed by atoms with van der Waals surface area (Å²) >= 11 is 0. The van der Waals surface area contributed by atoms with Gasteiger partial charge in [-0.15, -0.1) is 0 Å². The van der Waals surface area contributed by atoms with E-state index in [9.17, 15) is 9.59 Å². The Bertz CT molecular complexity index is 981. The van der Waals surface area contributed by atoms with E-state index < -0.39 is 0 Å². The number of pyridine rings is 1. The number of fused-ring (bicyclic) bond motifs is 1. The number of benzene rings is 1. The van der Waals surface area contributed by atoms with Crippen LogP contribution in [0.15, 0.2) is 47.4 Å². The van der Waals surface area contributed by atoms with Crippen LogP contribution in [-0.4, -0.2) is 34.1 Å². The summed E-state index contributed by atoms with van der Waals surface area (Å²) in [5.74, 6) is 0.201. The van der Waals surface area contributed by atoms with Crippen LogP contribution in [0.25, 0.3) is 11.0 Å². The van der Waals surface area contributed by atoms with Gasteiger partial charge in [-0.25, -0.2) is 4.98 Å². The van der Waals surface area contributed by atoms with Crippen molar-refractivity contribution < 1.29 is 9.53 Å². The smallest absolute Gasteiger partial charge is 0.271 e. The maximum atomic E-state index is 12.2. The Morgan fingerprint density at radius 2 is 2.00 bits per heavy atom. The predicted octanol–water partition coefficient (Wildman–Crippen LogP) is 1.54. The fraction of sp³-hybridized carbons (Fsp3) is 0.222. The van der Waals surface area contributed by atoms with E-state index in [1.54, 1.807) is 16.7 Å². The molecule has 0 radical (unpaired) electrons. The second-order valence-electron chi connectivity index (χ2n) is 5.53. The van der Waals surface area contributed by atoms with E-state index in [4.69, 9.17) is 4.74 Å². The van der Waals surface area contributed by atoms with E-state index in [1.165, 1.54) is 19.4 Å². The number of aromatic nitrogens is 3. The monoisotopic (exact) mass is 338 g/mol. The van der Waals surface area contributed by atoms with Crippen LogP contribution in [0.1, 0.15) is 16.2 Å². The van der Waals surface area contributed by atoms with Gasteiger partial charge in [0.25, 0.3) is 11.5 Å². The lowest BCUT2D eigenvalue weighted by atomic mass is 10.3. The fourth-order valence-electron chi connectivity index (χ4n) is 2.54. The molecule has 0 unspecified atom stereocenters. The molecule has 128 valence electrons. The highest BCUT2D eigenvalue weighted by atomic mass is 16.5. The maximum absolute atomic E-state index is 12.2. The summed E-state index contributed by atoms with van der Waals surface area (Å²) < 4.78 is 6.65. The Hall–Kier alpha value is -3.22. The highest BCUT2D eigenvalue weighted by molar-refractivity contribution is 5.93. The molecule has 1 N–H and O–H groups in total. The molecule has 7 heteroatoms. The van der Waals surface area contributed by atoms with E-state index in [0.29, 0.717) is 24.4 Å². The van der Waals surface area contributed by atoms with Gasteiger partial charge in [-0.1, -0.05) is 12.1 Å². The zero-order valence-electron chi connectivity index (χ0n) is 14.0. The summed E-state index contributed by atoms with van der Waals surface area (Å²) in [5.41, 5.74) is 2.25. The van der Waals surface area contributed by atoms with E-state index in [1.807, 2.05) is 25.1 Å². The van der Waals surface area contributed by atoms with Gasteiger partial charge < -0.3 is 14.6 Å². The Morgan fingerprint density at radius 3 is 2.72 bits per heavy atom. The van der Waals surface area contributed by atoms with E-state index in [0.717, 1.165) is 11.2 Å². The van der Waals surface area contributed by atoms with Crippen LogP contribution >= 0.6 is 0 Å². The second kappa shape index (κ2) is 7.12. The number of rotatable bonds is 5. The molecule has 0 atom stereocenters. The highest BCUT2D eigenvalue weighted by Crippen LogP contribution is 2.09. The first kappa shape index (κ1) is 16.6. The van der Waals surface area contributed by atoms with Gasteiger partial charge in [0.05, 0.1) is 24.3 Å². The molecule has 0 saturated heterocycles. The lowest BCUT2D eigenvalue weighted by Crippen LogP contribution is -2.32. The first-order chi connectivity index (χ1) is 12.1. The molecule has 0 spiro atoms. The molecule has 0 bridgehead atoms. The van der Waals surface area contributed by atoms with Crippen molar-refractivity contribution in [2.75, 3.05) is 13.7 Å². The number of ether oxygens (including phenoxy) is 1. The molecule has 2 heterocycles. The van der Waals surface area contributed by atoms with E-state index in [-0.39, 0.29) is 17.2 Å². The first-order valence-electron chi connectivity index (χ1n) is 7.84. The summed E-state index contributed by atoms with van der Waals surface area (Å²) in [6, 6.07) is 10.5. The number of aryl methyl sites for hydroxylation is 1. The molecule has 3 rings (SSSR count). The van der Waals surface area contributed by atoms with Gasteiger partial charge >= 0.3 is 0 Å². The molecule has 0 fully saturated rings. The maximum Gasteiger partial charge on any atom is 0.271 e. The largest absolute Gasteiger partial charge is 0.496 e. The van der Waals surface area contributed by atoms with Crippen molar-refractivity contribution in [1.29, 1.82) is 0 Å². The predicted molar refractivity (Wildman–Crippen MR) is 93.9 cm³/mol. The van der Waals surface area contributed by atoms with Crippen LogP contribution in [0.5, 0.6) is 5.75 Å². The molecule has 0 saturated carbocycles. The zero-order valence-corrected chi connectivity index (χ0v) is 14.0. The van der Waals surface area contributed by atoms with Gasteiger partial charge in [0.2, 0.25) is 0 Å². The molecule has 2 aromatic heterocycles. The number of hydrogen-bond donors (Lipinski definition) is 1. The Labute approximate surface area is 144 Å². The van der Waals surface area contributed by atoms with Crippen LogP contribution in [0.4, 0.5) is 0 Å². The van der Waals surface area contributed by atoms with Gasteiger partial charge in [-0.05, 0) is 25.1 Å². The van der Waals surface area contributed by atoms with Crippen molar-refractivity contribution in [3.63, 3.8) is 0 Å². The zero-order chi connectivity index (χ0) is 17.8. The SMILES string of the molecule is COc1cc(C)n(CCNC(=O)c2cnc3ccccc3n2)c(=O)c1. The third-order valence-corrected chi connectivity index (χ3v) is 3.85. The summed E-state index contributed by atoms with van der Waals surface area (Å²) in [4.78, 5) is 32.8. The molecule has 7 nitrogen and oxygen atoms in total. The van der Waals surface area contributed by atoms with E-state index >= 15 is 0 Å².